The molecule has 4 heteroatoms. The Morgan fingerprint density at radius 2 is 1.90 bits per heavy atom. The largest absolute Gasteiger partial charge is 0.393 e. The Balaban J connectivity index is 1.36. The van der Waals surface area contributed by atoms with Gasteiger partial charge in [0.15, 0.2) is 0 Å². The molecule has 2 aromatic heterocycles. The summed E-state index contributed by atoms with van der Waals surface area (Å²) in [4.78, 5) is 8.99. The molecule has 3 unspecified atom stereocenters. The number of allylic oxidation sites excluding steroid dienone is 3. The molecular weight excluding hydrogens is 358 g/mol. The Kier molecular flexibility index (Phi) is 3.72. The van der Waals surface area contributed by atoms with Crippen molar-refractivity contribution >= 4 is 11.4 Å². The molecule has 6 atom stereocenters. The molecule has 2 saturated carbocycles. The summed E-state index contributed by atoms with van der Waals surface area (Å²) < 4.78 is 2.16. The van der Waals surface area contributed by atoms with Crippen molar-refractivity contribution in [3.63, 3.8) is 0 Å². The van der Waals surface area contributed by atoms with E-state index in [1.54, 1.807) is 5.57 Å². The minimum Gasteiger partial charge on any atom is -0.393 e. The van der Waals surface area contributed by atoms with E-state index >= 15 is 0 Å². The highest BCUT2D eigenvalue weighted by atomic mass is 16.3. The van der Waals surface area contributed by atoms with Crippen LogP contribution in [0.5, 0.6) is 0 Å². The maximum atomic E-state index is 10.2. The van der Waals surface area contributed by atoms with Gasteiger partial charge in [-0.05, 0) is 85.2 Å². The third-order valence-corrected chi connectivity index (χ3v) is 9.22. The molecule has 0 radical (unpaired) electrons. The Morgan fingerprint density at radius 1 is 1.03 bits per heavy atom. The SMILES string of the molecule is C[C@]12CC[C@H](O)CC1=CCC1C2CC[C@]2(C)C(c3cnc4ncccn34)=CCC12. The van der Waals surface area contributed by atoms with Gasteiger partial charge in [0, 0.05) is 12.4 Å². The molecule has 4 aliphatic carbocycles. The van der Waals surface area contributed by atoms with Crippen molar-refractivity contribution in [3.05, 3.63) is 48.1 Å². The van der Waals surface area contributed by atoms with Crippen LogP contribution in [0, 0.1) is 28.6 Å². The van der Waals surface area contributed by atoms with Gasteiger partial charge in [-0.1, -0.05) is 31.6 Å². The molecule has 2 heterocycles. The zero-order valence-electron chi connectivity index (χ0n) is 17.5. The fourth-order valence-corrected chi connectivity index (χ4v) is 7.63. The first-order valence-electron chi connectivity index (χ1n) is 11.4. The predicted molar refractivity (Wildman–Crippen MR) is 114 cm³/mol. The van der Waals surface area contributed by atoms with Gasteiger partial charge in [-0.3, -0.25) is 4.40 Å². The summed E-state index contributed by atoms with van der Waals surface area (Å²) in [6, 6.07) is 2.00. The fourth-order valence-electron chi connectivity index (χ4n) is 7.63. The van der Waals surface area contributed by atoms with E-state index in [1.165, 1.54) is 37.0 Å². The van der Waals surface area contributed by atoms with Crippen LogP contribution in [0.4, 0.5) is 0 Å². The zero-order valence-corrected chi connectivity index (χ0v) is 17.5. The number of aromatic nitrogens is 3. The summed E-state index contributed by atoms with van der Waals surface area (Å²) in [5.41, 5.74) is 4.80. The molecule has 0 amide bonds. The molecule has 0 aliphatic heterocycles. The second kappa shape index (κ2) is 6.04. The average Bonchev–Trinajstić information content (AvgIpc) is 3.29. The molecule has 4 aliphatic rings. The molecule has 6 rings (SSSR count). The molecule has 0 bridgehead atoms. The smallest absolute Gasteiger partial charge is 0.234 e. The van der Waals surface area contributed by atoms with Crippen molar-refractivity contribution in [2.45, 2.75) is 64.9 Å². The van der Waals surface area contributed by atoms with Gasteiger partial charge in [0.05, 0.1) is 18.0 Å². The molecule has 0 saturated heterocycles. The molecule has 4 nitrogen and oxygen atoms in total. The van der Waals surface area contributed by atoms with E-state index in [2.05, 4.69) is 46.6 Å². The summed E-state index contributed by atoms with van der Waals surface area (Å²) >= 11 is 0. The quantitative estimate of drug-likeness (QED) is 0.695. The lowest BCUT2D eigenvalue weighted by Crippen LogP contribution is -2.49. The van der Waals surface area contributed by atoms with Crippen LogP contribution in [0.15, 0.2) is 42.4 Å². The van der Waals surface area contributed by atoms with E-state index in [1.807, 2.05) is 18.5 Å². The van der Waals surface area contributed by atoms with Gasteiger partial charge >= 0.3 is 0 Å². The average molecular weight is 390 g/mol. The second-order valence-corrected chi connectivity index (χ2v) is 10.4. The van der Waals surface area contributed by atoms with Gasteiger partial charge < -0.3 is 5.11 Å². The van der Waals surface area contributed by atoms with Crippen LogP contribution in [0.1, 0.15) is 64.5 Å². The van der Waals surface area contributed by atoms with Crippen LogP contribution in [0.3, 0.4) is 0 Å². The van der Waals surface area contributed by atoms with Gasteiger partial charge in [-0.25, -0.2) is 9.97 Å². The molecule has 0 aromatic carbocycles. The number of aliphatic hydroxyl groups is 1. The maximum absolute atomic E-state index is 10.2. The van der Waals surface area contributed by atoms with Crippen LogP contribution in [0.25, 0.3) is 11.4 Å². The van der Waals surface area contributed by atoms with Crippen LogP contribution in [-0.4, -0.2) is 25.6 Å². The third-order valence-electron chi connectivity index (χ3n) is 9.22. The Labute approximate surface area is 172 Å². The molecule has 2 fully saturated rings. The lowest BCUT2D eigenvalue weighted by molar-refractivity contribution is -0.0238. The summed E-state index contributed by atoms with van der Waals surface area (Å²) in [7, 11) is 0. The zero-order chi connectivity index (χ0) is 19.8. The second-order valence-electron chi connectivity index (χ2n) is 10.4. The van der Waals surface area contributed by atoms with Gasteiger partial charge in [0.2, 0.25) is 5.78 Å². The van der Waals surface area contributed by atoms with Crippen LogP contribution < -0.4 is 0 Å². The van der Waals surface area contributed by atoms with Crippen LogP contribution in [0.2, 0.25) is 0 Å². The lowest BCUT2D eigenvalue weighted by atomic mass is 9.47. The normalized spacial score (nSPS) is 41.3. The third kappa shape index (κ3) is 2.35. The molecular formula is C25H31N3O. The fraction of sp³-hybridized carbons (Fsp3) is 0.600. The van der Waals surface area contributed by atoms with Crippen molar-refractivity contribution in [1.82, 2.24) is 14.4 Å². The standard InChI is InChI=1S/C25H31N3O/c1-24-10-8-17(29)14-16(24)4-5-18-19-6-7-21(25(19,2)11-9-20(18)24)22-15-27-23-26-12-3-13-28(22)23/h3-4,7,12-13,15,17-20,29H,5-6,8-11,14H2,1-2H3/t17-,18?,19?,20?,24-,25-/m0/s1. The predicted octanol–water partition coefficient (Wildman–Crippen LogP) is 5.05. The van der Waals surface area contributed by atoms with Crippen molar-refractivity contribution in [2.24, 2.45) is 28.6 Å². The monoisotopic (exact) mass is 389 g/mol. The number of hydrogen-bond acceptors (Lipinski definition) is 3. The van der Waals surface area contributed by atoms with Crippen molar-refractivity contribution in [1.29, 1.82) is 0 Å². The number of nitrogens with zero attached hydrogens (tertiary/aromatic N) is 3. The molecule has 29 heavy (non-hydrogen) atoms. The summed E-state index contributed by atoms with van der Waals surface area (Å²) in [6.45, 7) is 5.01. The summed E-state index contributed by atoms with van der Waals surface area (Å²) in [6.07, 6.45) is 18.8. The van der Waals surface area contributed by atoms with E-state index in [-0.39, 0.29) is 11.5 Å². The minimum atomic E-state index is -0.122. The first kappa shape index (κ1) is 17.9. The molecule has 0 spiro atoms. The molecule has 152 valence electrons. The Hall–Kier alpha value is -1.94. The van der Waals surface area contributed by atoms with E-state index < -0.39 is 0 Å². The number of rotatable bonds is 1. The maximum Gasteiger partial charge on any atom is 0.234 e. The van der Waals surface area contributed by atoms with E-state index in [0.717, 1.165) is 36.9 Å². The molecule has 2 aromatic rings. The highest BCUT2D eigenvalue weighted by molar-refractivity contribution is 5.72. The Bertz CT molecular complexity index is 1040. The van der Waals surface area contributed by atoms with Gasteiger partial charge in [-0.2, -0.15) is 0 Å². The lowest BCUT2D eigenvalue weighted by Gasteiger charge is -2.57. The van der Waals surface area contributed by atoms with Gasteiger partial charge in [0.25, 0.3) is 0 Å². The number of imidazole rings is 1. The van der Waals surface area contributed by atoms with Crippen molar-refractivity contribution in [3.8, 4) is 0 Å². The van der Waals surface area contributed by atoms with Gasteiger partial charge in [0.1, 0.15) is 0 Å². The van der Waals surface area contributed by atoms with Gasteiger partial charge in [-0.15, -0.1) is 0 Å². The summed E-state index contributed by atoms with van der Waals surface area (Å²) in [5, 5.41) is 10.2. The van der Waals surface area contributed by atoms with E-state index in [0.29, 0.717) is 11.3 Å². The molecule has 1 N–H and O–H groups in total. The van der Waals surface area contributed by atoms with Crippen molar-refractivity contribution < 1.29 is 5.11 Å². The Morgan fingerprint density at radius 3 is 2.79 bits per heavy atom. The van der Waals surface area contributed by atoms with E-state index in [4.69, 9.17) is 0 Å². The topological polar surface area (TPSA) is 50.4 Å². The minimum absolute atomic E-state index is 0.122. The first-order valence-corrected chi connectivity index (χ1v) is 11.4. The first-order chi connectivity index (χ1) is 14.0. The van der Waals surface area contributed by atoms with E-state index in [9.17, 15) is 5.11 Å². The number of hydrogen-bond donors (Lipinski definition) is 1. The van der Waals surface area contributed by atoms with Crippen molar-refractivity contribution in [2.75, 3.05) is 0 Å². The van der Waals surface area contributed by atoms with Crippen LogP contribution in [-0.2, 0) is 0 Å². The highest BCUT2D eigenvalue weighted by Crippen LogP contribution is 2.66. The number of fused-ring (bicyclic) bond motifs is 6. The van der Waals surface area contributed by atoms with Crippen LogP contribution >= 0.6 is 0 Å². The highest BCUT2D eigenvalue weighted by Gasteiger charge is 2.57. The summed E-state index contributed by atoms with van der Waals surface area (Å²) in [5.74, 6) is 3.02. The number of aliphatic hydroxyl groups excluding tert-OH is 1.